The highest BCUT2D eigenvalue weighted by atomic mass is 79.9. The van der Waals surface area contributed by atoms with E-state index in [1.807, 2.05) is 12.1 Å². The Morgan fingerprint density at radius 1 is 1.40 bits per heavy atom. The van der Waals surface area contributed by atoms with Crippen LogP contribution < -0.4 is 10.6 Å². The molecule has 1 atom stereocenters. The van der Waals surface area contributed by atoms with E-state index in [4.69, 9.17) is 0 Å². The van der Waals surface area contributed by atoms with Gasteiger partial charge in [-0.1, -0.05) is 35.0 Å². The first kappa shape index (κ1) is 18.1. The van der Waals surface area contributed by atoms with Crippen LogP contribution in [-0.2, 0) is 17.6 Å². The summed E-state index contributed by atoms with van der Waals surface area (Å²) in [5, 5.41) is 15.1. The molecule has 2 aromatic rings. The molecule has 130 valence electrons. The van der Waals surface area contributed by atoms with Crippen molar-refractivity contribution in [3.63, 3.8) is 0 Å². The van der Waals surface area contributed by atoms with Gasteiger partial charge in [-0.15, -0.1) is 11.3 Å². The van der Waals surface area contributed by atoms with E-state index in [-0.39, 0.29) is 11.9 Å². The zero-order chi connectivity index (χ0) is 17.8. The number of carbonyl (C=O) groups excluding carboxylic acids is 1. The van der Waals surface area contributed by atoms with Gasteiger partial charge < -0.3 is 10.6 Å². The Bertz CT molecular complexity index is 807. The molecule has 0 saturated carbocycles. The van der Waals surface area contributed by atoms with Crippen LogP contribution >= 0.6 is 27.3 Å². The van der Waals surface area contributed by atoms with Crippen molar-refractivity contribution in [1.82, 2.24) is 0 Å². The number of hydrogen-bond acceptors (Lipinski definition) is 3. The number of thiophene rings is 1. The molecule has 0 bridgehead atoms. The van der Waals surface area contributed by atoms with Gasteiger partial charge in [0.1, 0.15) is 17.1 Å². The number of nitrogens with one attached hydrogen (secondary N) is 1. The maximum absolute atomic E-state index is 12.4. The van der Waals surface area contributed by atoms with Crippen molar-refractivity contribution in [2.45, 2.75) is 38.6 Å². The van der Waals surface area contributed by atoms with E-state index in [0.717, 1.165) is 40.7 Å². The normalized spacial score (nSPS) is 14.0. The number of halogens is 1. The van der Waals surface area contributed by atoms with Crippen LogP contribution in [0.1, 0.15) is 47.4 Å². The number of rotatable bonds is 6. The van der Waals surface area contributed by atoms with Gasteiger partial charge in [-0.2, -0.15) is 5.26 Å². The number of carbonyl (C=O) groups is 1. The van der Waals surface area contributed by atoms with E-state index in [9.17, 15) is 10.1 Å². The summed E-state index contributed by atoms with van der Waals surface area (Å²) in [4.78, 5) is 13.6. The molecule has 3 N–H and O–H groups in total. The van der Waals surface area contributed by atoms with Gasteiger partial charge in [-0.3, -0.25) is 4.79 Å². The van der Waals surface area contributed by atoms with Crippen LogP contribution in [-0.4, -0.2) is 12.5 Å². The molecule has 1 heterocycles. The summed E-state index contributed by atoms with van der Waals surface area (Å²) in [6.45, 7) is 2.47. The fourth-order valence-corrected chi connectivity index (χ4v) is 4.81. The molecule has 0 aliphatic heterocycles. The van der Waals surface area contributed by atoms with Crippen LogP contribution in [0.15, 0.2) is 28.7 Å². The van der Waals surface area contributed by atoms with Crippen LogP contribution in [0.4, 0.5) is 5.00 Å². The highest BCUT2D eigenvalue weighted by Gasteiger charge is 2.23. The zero-order valence-corrected chi connectivity index (χ0v) is 16.5. The first-order valence-electron chi connectivity index (χ1n) is 8.55. The number of nitriles is 1. The maximum Gasteiger partial charge on any atom is 0.280 e. The summed E-state index contributed by atoms with van der Waals surface area (Å²) in [5.74, 6) is -0.0491. The fourth-order valence-electron chi connectivity index (χ4n) is 3.29. The average Bonchev–Trinajstić information content (AvgIpc) is 3.17. The lowest BCUT2D eigenvalue weighted by Crippen LogP contribution is -2.87. The van der Waals surface area contributed by atoms with Gasteiger partial charge in [0, 0.05) is 21.3 Å². The quantitative estimate of drug-likeness (QED) is 0.752. The summed E-state index contributed by atoms with van der Waals surface area (Å²) < 4.78 is 1.05. The molecule has 0 fully saturated rings. The minimum absolute atomic E-state index is 0.0491. The van der Waals surface area contributed by atoms with Crippen LogP contribution in [0.2, 0.25) is 0 Å². The second-order valence-corrected chi connectivity index (χ2v) is 8.25. The highest BCUT2D eigenvalue weighted by Crippen LogP contribution is 2.38. The Morgan fingerprint density at radius 3 is 2.84 bits per heavy atom. The highest BCUT2D eigenvalue weighted by molar-refractivity contribution is 9.10. The molecule has 4 nitrogen and oxygen atoms in total. The van der Waals surface area contributed by atoms with Crippen molar-refractivity contribution in [1.29, 1.82) is 5.26 Å². The molecule has 6 heteroatoms. The third-order valence-electron chi connectivity index (χ3n) is 4.61. The molecular formula is C19H21BrN3OS+. The van der Waals surface area contributed by atoms with Crippen molar-refractivity contribution in [2.24, 2.45) is 0 Å². The van der Waals surface area contributed by atoms with E-state index >= 15 is 0 Å². The standard InChI is InChI=1S/C19H20BrN3OS/c1-2-16(12-6-8-13(20)9-7-12)22-11-18(24)23-19-15(10-21)14-4-3-5-17(14)25-19/h6-9,16,22H,2-5,11H2,1H3,(H,23,24)/p+1/t16-/m0/s1. The predicted molar refractivity (Wildman–Crippen MR) is 104 cm³/mol. The molecule has 0 saturated heterocycles. The number of quaternary nitrogens is 1. The molecule has 25 heavy (non-hydrogen) atoms. The average molecular weight is 419 g/mol. The lowest BCUT2D eigenvalue weighted by atomic mass is 10.0. The summed E-state index contributed by atoms with van der Waals surface area (Å²) >= 11 is 5.01. The molecule has 1 aromatic carbocycles. The Morgan fingerprint density at radius 2 is 2.16 bits per heavy atom. The zero-order valence-electron chi connectivity index (χ0n) is 14.1. The first-order chi connectivity index (χ1) is 12.1. The number of nitrogens with two attached hydrogens (primary N) is 1. The Balaban J connectivity index is 1.61. The van der Waals surface area contributed by atoms with Crippen molar-refractivity contribution < 1.29 is 10.1 Å². The Labute approximate surface area is 160 Å². The van der Waals surface area contributed by atoms with Crippen molar-refractivity contribution in [2.75, 3.05) is 11.9 Å². The number of nitrogens with zero attached hydrogens (tertiary/aromatic N) is 1. The number of aryl methyl sites for hydroxylation is 1. The number of hydrogen-bond donors (Lipinski definition) is 2. The molecule has 3 rings (SSSR count). The van der Waals surface area contributed by atoms with E-state index < -0.39 is 0 Å². The number of fused-ring (bicyclic) bond motifs is 1. The Kier molecular flexibility index (Phi) is 5.89. The third kappa shape index (κ3) is 4.12. The molecule has 1 aliphatic rings. The van der Waals surface area contributed by atoms with Gasteiger partial charge in [-0.25, -0.2) is 0 Å². The van der Waals surface area contributed by atoms with Gasteiger partial charge in [0.15, 0.2) is 6.54 Å². The summed E-state index contributed by atoms with van der Waals surface area (Å²) in [7, 11) is 0. The Hall–Kier alpha value is -1.68. The van der Waals surface area contributed by atoms with Crippen LogP contribution in [0.25, 0.3) is 0 Å². The number of benzene rings is 1. The third-order valence-corrected chi connectivity index (χ3v) is 6.35. The van der Waals surface area contributed by atoms with Crippen LogP contribution in [0, 0.1) is 11.3 Å². The van der Waals surface area contributed by atoms with Gasteiger partial charge in [0.2, 0.25) is 0 Å². The second kappa shape index (κ2) is 8.13. The smallest absolute Gasteiger partial charge is 0.280 e. The van der Waals surface area contributed by atoms with Crippen LogP contribution in [0.5, 0.6) is 0 Å². The second-order valence-electron chi connectivity index (χ2n) is 6.23. The summed E-state index contributed by atoms with van der Waals surface area (Å²) in [6.07, 6.45) is 4.05. The van der Waals surface area contributed by atoms with E-state index in [0.29, 0.717) is 12.1 Å². The largest absolute Gasteiger partial charge is 0.332 e. The van der Waals surface area contributed by atoms with Gasteiger partial charge >= 0.3 is 0 Å². The van der Waals surface area contributed by atoms with E-state index in [1.165, 1.54) is 10.4 Å². The molecule has 0 unspecified atom stereocenters. The van der Waals surface area contributed by atoms with Gasteiger partial charge in [-0.05, 0) is 37.0 Å². The lowest BCUT2D eigenvalue weighted by molar-refractivity contribution is -0.686. The summed E-state index contributed by atoms with van der Waals surface area (Å²) in [6, 6.07) is 10.7. The molecule has 1 aromatic heterocycles. The van der Waals surface area contributed by atoms with Gasteiger partial charge in [0.05, 0.1) is 5.56 Å². The summed E-state index contributed by atoms with van der Waals surface area (Å²) in [5.41, 5.74) is 3.03. The number of amides is 1. The van der Waals surface area contributed by atoms with E-state index in [1.54, 1.807) is 11.3 Å². The van der Waals surface area contributed by atoms with E-state index in [2.05, 4.69) is 51.7 Å². The molecular weight excluding hydrogens is 398 g/mol. The molecule has 0 radical (unpaired) electrons. The lowest BCUT2D eigenvalue weighted by Gasteiger charge is -2.14. The monoisotopic (exact) mass is 418 g/mol. The van der Waals surface area contributed by atoms with Crippen LogP contribution in [0.3, 0.4) is 0 Å². The SMILES string of the molecule is CC[C@H]([NH2+]CC(=O)Nc1sc2c(c1C#N)CCC2)c1ccc(Br)cc1. The van der Waals surface area contributed by atoms with Crippen molar-refractivity contribution in [3.05, 3.63) is 50.3 Å². The minimum Gasteiger partial charge on any atom is -0.332 e. The number of anilines is 1. The van der Waals surface area contributed by atoms with Gasteiger partial charge in [0.25, 0.3) is 5.91 Å². The fraction of sp³-hybridized carbons (Fsp3) is 0.368. The first-order valence-corrected chi connectivity index (χ1v) is 10.2. The topological polar surface area (TPSA) is 69.5 Å². The van der Waals surface area contributed by atoms with Crippen molar-refractivity contribution in [3.8, 4) is 6.07 Å². The molecule has 0 spiro atoms. The van der Waals surface area contributed by atoms with Crippen molar-refractivity contribution >= 4 is 38.2 Å². The predicted octanol–water partition coefficient (Wildman–Crippen LogP) is 3.52. The molecule has 1 amide bonds. The maximum atomic E-state index is 12.4. The minimum atomic E-state index is -0.0491. The molecule has 1 aliphatic carbocycles.